The Bertz CT molecular complexity index is 775. The van der Waals surface area contributed by atoms with Gasteiger partial charge >= 0.3 is 0 Å². The van der Waals surface area contributed by atoms with Crippen LogP contribution in [-0.4, -0.2) is 24.4 Å². The smallest absolute Gasteiger partial charge is 0.258 e. The fraction of sp³-hybridized carbons (Fsp3) is 0.222. The van der Waals surface area contributed by atoms with E-state index in [-0.39, 0.29) is 17.9 Å². The summed E-state index contributed by atoms with van der Waals surface area (Å²) in [5.74, 6) is -0.144. The van der Waals surface area contributed by atoms with Crippen LogP contribution >= 0.6 is 11.6 Å². The molecule has 23 heavy (non-hydrogen) atoms. The number of hydrogen-bond acceptors (Lipinski definition) is 2. The molecule has 2 amide bonds. The monoisotopic (exact) mass is 328 g/mol. The molecule has 0 aliphatic carbocycles. The summed E-state index contributed by atoms with van der Waals surface area (Å²) in [5.41, 5.74) is 2.04. The molecule has 0 radical (unpaired) electrons. The minimum atomic E-state index is -0.116. The minimum absolute atomic E-state index is 0.0280. The minimum Gasteiger partial charge on any atom is -0.306 e. The third-order valence-electron chi connectivity index (χ3n) is 3.98. The lowest BCUT2D eigenvalue weighted by Gasteiger charge is -2.40. The lowest BCUT2D eigenvalue weighted by atomic mass is 10.1. The summed E-state index contributed by atoms with van der Waals surface area (Å²) >= 11 is 6.00. The Morgan fingerprint density at radius 3 is 2.43 bits per heavy atom. The third-order valence-corrected chi connectivity index (χ3v) is 4.21. The third kappa shape index (κ3) is 2.82. The summed E-state index contributed by atoms with van der Waals surface area (Å²) in [6.07, 6.45) is 0. The van der Waals surface area contributed by atoms with Gasteiger partial charge in [-0.2, -0.15) is 0 Å². The summed E-state index contributed by atoms with van der Waals surface area (Å²) < 4.78 is 0. The molecule has 0 aromatic heterocycles. The normalized spacial score (nSPS) is 16.9. The molecular weight excluding hydrogens is 312 g/mol. The number of amides is 2. The van der Waals surface area contributed by atoms with Crippen molar-refractivity contribution in [2.24, 2.45) is 0 Å². The van der Waals surface area contributed by atoms with Crippen LogP contribution in [0.15, 0.2) is 48.5 Å². The SMILES string of the molecule is CC(=O)N1c2ccccc2N(C(=O)c2cccc(Cl)c2)CC1C. The van der Waals surface area contributed by atoms with E-state index in [1.807, 2.05) is 31.2 Å². The topological polar surface area (TPSA) is 40.6 Å². The van der Waals surface area contributed by atoms with Crippen molar-refractivity contribution in [1.29, 1.82) is 0 Å². The highest BCUT2D eigenvalue weighted by molar-refractivity contribution is 6.31. The Morgan fingerprint density at radius 1 is 1.09 bits per heavy atom. The van der Waals surface area contributed by atoms with Gasteiger partial charge in [-0.3, -0.25) is 9.59 Å². The van der Waals surface area contributed by atoms with Crippen LogP contribution in [0.4, 0.5) is 11.4 Å². The fourth-order valence-electron chi connectivity index (χ4n) is 3.03. The molecule has 0 saturated heterocycles. The predicted molar refractivity (Wildman–Crippen MR) is 92.2 cm³/mol. The summed E-state index contributed by atoms with van der Waals surface area (Å²) in [5, 5.41) is 0.527. The molecule has 3 rings (SSSR count). The summed E-state index contributed by atoms with van der Waals surface area (Å²) in [4.78, 5) is 28.3. The zero-order chi connectivity index (χ0) is 16.6. The van der Waals surface area contributed by atoms with Gasteiger partial charge < -0.3 is 9.80 Å². The maximum absolute atomic E-state index is 12.9. The Kier molecular flexibility index (Phi) is 4.09. The van der Waals surface area contributed by atoms with E-state index in [1.54, 1.807) is 41.0 Å². The number of halogens is 1. The van der Waals surface area contributed by atoms with Crippen molar-refractivity contribution in [3.05, 3.63) is 59.1 Å². The van der Waals surface area contributed by atoms with E-state index in [4.69, 9.17) is 11.6 Å². The highest BCUT2D eigenvalue weighted by Gasteiger charge is 2.33. The molecule has 0 fully saturated rings. The molecule has 118 valence electrons. The van der Waals surface area contributed by atoms with E-state index in [2.05, 4.69) is 0 Å². The van der Waals surface area contributed by atoms with Crippen molar-refractivity contribution in [2.75, 3.05) is 16.3 Å². The molecule has 1 heterocycles. The van der Waals surface area contributed by atoms with Crippen LogP contribution in [0.25, 0.3) is 0 Å². The Labute approximate surface area is 140 Å². The summed E-state index contributed by atoms with van der Waals surface area (Å²) in [6.45, 7) is 3.93. The first kappa shape index (κ1) is 15.6. The lowest BCUT2D eigenvalue weighted by molar-refractivity contribution is -0.117. The van der Waals surface area contributed by atoms with Crippen molar-refractivity contribution in [2.45, 2.75) is 19.9 Å². The van der Waals surface area contributed by atoms with Crippen molar-refractivity contribution in [3.8, 4) is 0 Å². The number of nitrogens with zero attached hydrogens (tertiary/aromatic N) is 2. The lowest BCUT2D eigenvalue weighted by Crippen LogP contribution is -2.51. The van der Waals surface area contributed by atoms with Gasteiger partial charge in [0.1, 0.15) is 0 Å². The number of fused-ring (bicyclic) bond motifs is 1. The van der Waals surface area contributed by atoms with Crippen LogP contribution in [0.2, 0.25) is 5.02 Å². The molecule has 1 atom stereocenters. The van der Waals surface area contributed by atoms with Gasteiger partial charge in [0.15, 0.2) is 0 Å². The number of benzene rings is 2. The number of para-hydroxylation sites is 2. The van der Waals surface area contributed by atoms with Gasteiger partial charge in [0, 0.05) is 24.1 Å². The van der Waals surface area contributed by atoms with E-state index >= 15 is 0 Å². The number of carbonyl (C=O) groups is 2. The molecule has 1 aliphatic rings. The van der Waals surface area contributed by atoms with Gasteiger partial charge in [0.05, 0.1) is 17.4 Å². The van der Waals surface area contributed by atoms with E-state index in [9.17, 15) is 9.59 Å². The average Bonchev–Trinajstić information content (AvgIpc) is 2.53. The van der Waals surface area contributed by atoms with Crippen molar-refractivity contribution >= 4 is 34.8 Å². The van der Waals surface area contributed by atoms with Crippen LogP contribution in [-0.2, 0) is 4.79 Å². The maximum atomic E-state index is 12.9. The number of anilines is 2. The Morgan fingerprint density at radius 2 is 1.78 bits per heavy atom. The molecule has 2 aromatic rings. The predicted octanol–water partition coefficient (Wildman–Crippen LogP) is 3.74. The largest absolute Gasteiger partial charge is 0.306 e. The van der Waals surface area contributed by atoms with Gasteiger partial charge in [-0.05, 0) is 37.3 Å². The number of carbonyl (C=O) groups excluding carboxylic acids is 2. The highest BCUT2D eigenvalue weighted by Crippen LogP contribution is 2.36. The number of hydrogen-bond donors (Lipinski definition) is 0. The second-order valence-electron chi connectivity index (χ2n) is 5.65. The van der Waals surface area contributed by atoms with E-state index in [0.717, 1.165) is 11.4 Å². The van der Waals surface area contributed by atoms with Crippen LogP contribution in [0.3, 0.4) is 0 Å². The average molecular weight is 329 g/mol. The van der Waals surface area contributed by atoms with Gasteiger partial charge in [0.25, 0.3) is 5.91 Å². The number of rotatable bonds is 1. The molecule has 0 N–H and O–H groups in total. The first-order valence-electron chi connectivity index (χ1n) is 7.45. The molecule has 0 spiro atoms. The highest BCUT2D eigenvalue weighted by atomic mass is 35.5. The van der Waals surface area contributed by atoms with E-state index < -0.39 is 0 Å². The van der Waals surface area contributed by atoms with E-state index in [1.165, 1.54) is 0 Å². The van der Waals surface area contributed by atoms with Crippen molar-refractivity contribution in [3.63, 3.8) is 0 Å². The van der Waals surface area contributed by atoms with Gasteiger partial charge in [-0.1, -0.05) is 29.8 Å². The Balaban J connectivity index is 2.05. The second-order valence-corrected chi connectivity index (χ2v) is 6.09. The molecule has 1 unspecified atom stereocenters. The molecule has 1 aliphatic heterocycles. The molecule has 2 aromatic carbocycles. The standard InChI is InChI=1S/C18H17ClN2O2/c1-12-11-20(18(23)14-6-5-7-15(19)10-14)16-8-3-4-9-17(16)21(12)13(2)22/h3-10,12H,11H2,1-2H3. The Hall–Kier alpha value is -2.33. The van der Waals surface area contributed by atoms with Crippen LogP contribution in [0.5, 0.6) is 0 Å². The molecule has 5 heteroatoms. The van der Waals surface area contributed by atoms with Crippen LogP contribution in [0, 0.1) is 0 Å². The van der Waals surface area contributed by atoms with Crippen molar-refractivity contribution < 1.29 is 9.59 Å². The molecule has 0 saturated carbocycles. The van der Waals surface area contributed by atoms with E-state index in [0.29, 0.717) is 17.1 Å². The molecular formula is C18H17ClN2O2. The quantitative estimate of drug-likeness (QED) is 0.800. The van der Waals surface area contributed by atoms with Crippen LogP contribution in [0.1, 0.15) is 24.2 Å². The fourth-order valence-corrected chi connectivity index (χ4v) is 3.22. The van der Waals surface area contributed by atoms with Crippen molar-refractivity contribution in [1.82, 2.24) is 0 Å². The zero-order valence-electron chi connectivity index (χ0n) is 13.0. The van der Waals surface area contributed by atoms with Gasteiger partial charge in [-0.15, -0.1) is 0 Å². The zero-order valence-corrected chi connectivity index (χ0v) is 13.7. The summed E-state index contributed by atoms with van der Waals surface area (Å²) in [7, 11) is 0. The van der Waals surface area contributed by atoms with Gasteiger partial charge in [-0.25, -0.2) is 0 Å². The second kappa shape index (κ2) is 6.05. The first-order chi connectivity index (χ1) is 11.0. The van der Waals surface area contributed by atoms with Crippen LogP contribution < -0.4 is 9.80 Å². The maximum Gasteiger partial charge on any atom is 0.258 e. The van der Waals surface area contributed by atoms with Gasteiger partial charge in [0.2, 0.25) is 5.91 Å². The summed E-state index contributed by atoms with van der Waals surface area (Å²) in [6, 6.07) is 14.3. The first-order valence-corrected chi connectivity index (χ1v) is 7.83. The molecule has 0 bridgehead atoms. The molecule has 4 nitrogen and oxygen atoms in total.